The first-order chi connectivity index (χ1) is 15.0. The minimum Gasteiger partial charge on any atom is -0.478 e. The number of rotatable bonds is 7. The van der Waals surface area contributed by atoms with Crippen LogP contribution in [0, 0.1) is 0 Å². The minimum atomic E-state index is -1.03. The molecule has 8 nitrogen and oxygen atoms in total. The van der Waals surface area contributed by atoms with Crippen LogP contribution in [-0.4, -0.2) is 80.9 Å². The van der Waals surface area contributed by atoms with Gasteiger partial charge >= 0.3 is 5.97 Å². The summed E-state index contributed by atoms with van der Waals surface area (Å²) in [5, 5.41) is 31.2. The molecule has 0 radical (unpaired) electrons. The minimum absolute atomic E-state index is 0.0848. The molecule has 3 heterocycles. The number of carboxylic acids is 1. The third-order valence-electron chi connectivity index (χ3n) is 5.38. The van der Waals surface area contributed by atoms with E-state index in [9.17, 15) is 19.8 Å². The molecule has 162 valence electrons. The van der Waals surface area contributed by atoms with Crippen LogP contribution in [0.4, 0.5) is 0 Å². The van der Waals surface area contributed by atoms with Gasteiger partial charge in [-0.1, -0.05) is 24.3 Å². The fourth-order valence-electron chi connectivity index (χ4n) is 3.89. The van der Waals surface area contributed by atoms with Crippen LogP contribution < -0.4 is 0 Å². The molecule has 3 aromatic rings. The fraction of sp³-hybridized carbons (Fsp3) is 0.318. The summed E-state index contributed by atoms with van der Waals surface area (Å²) < 4.78 is 0. The van der Waals surface area contributed by atoms with Gasteiger partial charge in [-0.05, 0) is 17.5 Å². The molecule has 0 spiro atoms. The summed E-state index contributed by atoms with van der Waals surface area (Å²) in [6, 6.07) is 11.0. The van der Waals surface area contributed by atoms with Gasteiger partial charge in [-0.2, -0.15) is 0 Å². The van der Waals surface area contributed by atoms with E-state index in [1.807, 2.05) is 28.5 Å². The van der Waals surface area contributed by atoms with E-state index >= 15 is 0 Å². The number of fused-ring (bicyclic) bond motifs is 1. The molecule has 1 saturated heterocycles. The monoisotopic (exact) mass is 441 g/mol. The molecule has 3 N–H and O–H groups in total. The Balaban J connectivity index is 1.70. The van der Waals surface area contributed by atoms with Gasteiger partial charge in [-0.3, -0.25) is 9.69 Å². The third kappa shape index (κ3) is 4.45. The van der Waals surface area contributed by atoms with Gasteiger partial charge in [0.1, 0.15) is 0 Å². The molecule has 31 heavy (non-hydrogen) atoms. The first-order valence-electron chi connectivity index (χ1n) is 9.95. The van der Waals surface area contributed by atoms with Crippen LogP contribution in [-0.2, 0) is 11.3 Å². The first-order valence-corrected chi connectivity index (χ1v) is 10.8. The Morgan fingerprint density at radius 3 is 2.68 bits per heavy atom. The van der Waals surface area contributed by atoms with Gasteiger partial charge in [0.25, 0.3) is 0 Å². The highest BCUT2D eigenvalue weighted by molar-refractivity contribution is 7.13. The lowest BCUT2D eigenvalue weighted by Crippen LogP contribution is -2.52. The smallest absolute Gasteiger partial charge is 0.336 e. The number of carboxylic acid groups (broad SMARTS) is 1. The lowest BCUT2D eigenvalue weighted by molar-refractivity contribution is -0.138. The van der Waals surface area contributed by atoms with Crippen molar-refractivity contribution in [1.29, 1.82) is 0 Å². The highest BCUT2D eigenvalue weighted by atomic mass is 32.1. The van der Waals surface area contributed by atoms with E-state index in [0.29, 0.717) is 35.2 Å². The number of hydrogen-bond donors (Lipinski definition) is 3. The molecule has 9 heteroatoms. The molecule has 1 fully saturated rings. The predicted molar refractivity (Wildman–Crippen MR) is 117 cm³/mol. The van der Waals surface area contributed by atoms with E-state index < -0.39 is 18.7 Å². The van der Waals surface area contributed by atoms with Crippen LogP contribution in [0.2, 0.25) is 0 Å². The van der Waals surface area contributed by atoms with Crippen molar-refractivity contribution in [3.05, 3.63) is 52.9 Å². The summed E-state index contributed by atoms with van der Waals surface area (Å²) in [5.41, 5.74) is 2.03. The number of thiophene rings is 1. The van der Waals surface area contributed by atoms with Crippen molar-refractivity contribution < 1.29 is 24.9 Å². The summed E-state index contributed by atoms with van der Waals surface area (Å²) in [7, 11) is 0. The average molecular weight is 442 g/mol. The van der Waals surface area contributed by atoms with Crippen molar-refractivity contribution in [1.82, 2.24) is 14.8 Å². The summed E-state index contributed by atoms with van der Waals surface area (Å²) in [4.78, 5) is 33.9. The Bertz CT molecular complexity index is 1100. The van der Waals surface area contributed by atoms with Crippen molar-refractivity contribution >= 4 is 34.1 Å². The van der Waals surface area contributed by atoms with Gasteiger partial charge in [-0.15, -0.1) is 11.3 Å². The third-order valence-corrected chi connectivity index (χ3v) is 6.26. The van der Waals surface area contributed by atoms with E-state index in [-0.39, 0.29) is 31.1 Å². The van der Waals surface area contributed by atoms with Crippen LogP contribution in [0.1, 0.15) is 15.9 Å². The second-order valence-corrected chi connectivity index (χ2v) is 8.45. The summed E-state index contributed by atoms with van der Waals surface area (Å²) in [6.45, 7) is 0.986. The molecule has 4 rings (SSSR count). The van der Waals surface area contributed by atoms with Gasteiger partial charge in [0.05, 0.1) is 40.9 Å². The van der Waals surface area contributed by atoms with Crippen LogP contribution in [0.25, 0.3) is 21.5 Å². The van der Waals surface area contributed by atoms with Crippen molar-refractivity contribution in [3.8, 4) is 10.6 Å². The lowest BCUT2D eigenvalue weighted by Gasteiger charge is -2.35. The van der Waals surface area contributed by atoms with Crippen LogP contribution in [0.15, 0.2) is 41.8 Å². The number of carbonyl (C=O) groups excluding carboxylic acids is 1. The second kappa shape index (κ2) is 9.11. The summed E-state index contributed by atoms with van der Waals surface area (Å²) >= 11 is 1.49. The summed E-state index contributed by atoms with van der Waals surface area (Å²) in [5.74, 6) is -1.19. The molecule has 0 saturated carbocycles. The van der Waals surface area contributed by atoms with Crippen molar-refractivity contribution in [2.24, 2.45) is 0 Å². The molecule has 1 atom stereocenters. The fourth-order valence-corrected chi connectivity index (χ4v) is 4.63. The molecular weight excluding hydrogens is 418 g/mol. The normalized spacial score (nSPS) is 16.1. The zero-order valence-corrected chi connectivity index (χ0v) is 17.6. The van der Waals surface area contributed by atoms with E-state index in [4.69, 9.17) is 10.1 Å². The van der Waals surface area contributed by atoms with E-state index in [2.05, 4.69) is 0 Å². The molecule has 1 aliphatic rings. The van der Waals surface area contributed by atoms with E-state index in [1.54, 1.807) is 18.2 Å². The molecule has 1 aliphatic heterocycles. The topological polar surface area (TPSA) is 114 Å². The van der Waals surface area contributed by atoms with Crippen LogP contribution in [0.3, 0.4) is 0 Å². The number of nitrogens with zero attached hydrogens (tertiary/aromatic N) is 3. The number of piperazine rings is 1. The maximum Gasteiger partial charge on any atom is 0.336 e. The van der Waals surface area contributed by atoms with Gasteiger partial charge in [-0.25, -0.2) is 9.78 Å². The number of aromatic carboxylic acids is 1. The van der Waals surface area contributed by atoms with Gasteiger partial charge in [0.2, 0.25) is 5.91 Å². The molecule has 2 aromatic heterocycles. The second-order valence-electron chi connectivity index (χ2n) is 7.50. The highest BCUT2D eigenvalue weighted by Gasteiger charge is 2.29. The van der Waals surface area contributed by atoms with Crippen molar-refractivity contribution in [2.45, 2.75) is 12.6 Å². The molecule has 0 aliphatic carbocycles. The van der Waals surface area contributed by atoms with E-state index in [1.165, 1.54) is 16.2 Å². The number of carbonyl (C=O) groups is 2. The summed E-state index contributed by atoms with van der Waals surface area (Å²) in [6.07, 6.45) is -0.968. The number of para-hydroxylation sites is 1. The number of β-amino-alcohol motifs (C(OH)–C–C–N with tert-alkyl or cyclic N) is 1. The van der Waals surface area contributed by atoms with E-state index in [0.717, 1.165) is 4.88 Å². The number of amides is 1. The molecule has 1 aromatic carbocycles. The van der Waals surface area contributed by atoms with Gasteiger partial charge in [0, 0.05) is 37.1 Å². The highest BCUT2D eigenvalue weighted by Crippen LogP contribution is 2.33. The standard InChI is InChI=1S/C22H23N3O5S/c26-13-14(27)10-25-8-7-24(12-19(25)28)11-16-20(22(29)30)15-4-1-2-5-17(15)23-21(16)18-6-3-9-31-18/h1-6,9,14,26-27H,7-8,10-13H2,(H,29,30). The lowest BCUT2D eigenvalue weighted by atomic mass is 9.98. The van der Waals surface area contributed by atoms with Crippen molar-refractivity contribution in [2.75, 3.05) is 32.8 Å². The predicted octanol–water partition coefficient (Wildman–Crippen LogP) is 1.66. The number of aliphatic hydroxyl groups excluding tert-OH is 2. The number of hydrogen-bond acceptors (Lipinski definition) is 7. The number of aromatic nitrogens is 1. The maximum absolute atomic E-state index is 12.6. The Labute approximate surface area is 183 Å². The Kier molecular flexibility index (Phi) is 6.28. The quantitative estimate of drug-likeness (QED) is 0.511. The number of aliphatic hydroxyl groups is 2. The first kappa shape index (κ1) is 21.4. The SMILES string of the molecule is O=C(O)c1c(CN2CCN(CC(O)CO)C(=O)C2)c(-c2cccs2)nc2ccccc12. The zero-order valence-electron chi connectivity index (χ0n) is 16.8. The average Bonchev–Trinajstić information content (AvgIpc) is 3.29. The Morgan fingerprint density at radius 1 is 1.19 bits per heavy atom. The largest absolute Gasteiger partial charge is 0.478 e. The number of benzene rings is 1. The van der Waals surface area contributed by atoms with Crippen LogP contribution in [0.5, 0.6) is 0 Å². The maximum atomic E-state index is 12.6. The van der Waals surface area contributed by atoms with Gasteiger partial charge < -0.3 is 20.2 Å². The molecule has 1 unspecified atom stereocenters. The van der Waals surface area contributed by atoms with Crippen LogP contribution >= 0.6 is 11.3 Å². The Morgan fingerprint density at radius 2 is 2.00 bits per heavy atom. The van der Waals surface area contributed by atoms with Gasteiger partial charge in [0.15, 0.2) is 0 Å². The molecule has 0 bridgehead atoms. The number of pyridine rings is 1. The Hall–Kier alpha value is -2.85. The zero-order chi connectivity index (χ0) is 22.0. The molecular formula is C22H23N3O5S. The molecule has 1 amide bonds. The van der Waals surface area contributed by atoms with Crippen molar-refractivity contribution in [3.63, 3.8) is 0 Å².